The van der Waals surface area contributed by atoms with Gasteiger partial charge in [0.15, 0.2) is 0 Å². The van der Waals surface area contributed by atoms with Crippen molar-refractivity contribution >= 4 is 22.6 Å². The molecule has 30 heavy (non-hydrogen) atoms. The number of carbonyl (C=O) groups is 1. The van der Waals surface area contributed by atoms with Gasteiger partial charge in [-0.1, -0.05) is 6.92 Å². The number of hydrogen-bond donors (Lipinski definition) is 2. The van der Waals surface area contributed by atoms with Gasteiger partial charge in [-0.2, -0.15) is 13.2 Å². The van der Waals surface area contributed by atoms with Gasteiger partial charge in [0, 0.05) is 24.5 Å². The van der Waals surface area contributed by atoms with E-state index in [4.69, 9.17) is 0 Å². The van der Waals surface area contributed by atoms with Gasteiger partial charge in [0.2, 0.25) is 5.91 Å². The fraction of sp³-hybridized carbons (Fsp3) is 0.524. The van der Waals surface area contributed by atoms with E-state index in [0.29, 0.717) is 17.5 Å². The number of fused-ring (bicyclic) bond motifs is 1. The molecule has 2 aromatic rings. The Morgan fingerprint density at radius 1 is 1.17 bits per heavy atom. The quantitative estimate of drug-likeness (QED) is 0.777. The van der Waals surface area contributed by atoms with Gasteiger partial charge in [-0.25, -0.2) is 9.97 Å². The SMILES string of the molecule is [CH2][C@H]1CC[C@H](N2CC(NC(=O)CNc3ncnc4ccc(C(F)(F)F)cc34)C2)CC1. The zero-order chi connectivity index (χ0) is 21.3. The van der Waals surface area contributed by atoms with Crippen molar-refractivity contribution in [3.05, 3.63) is 37.0 Å². The molecule has 9 heteroatoms. The number of halogens is 3. The van der Waals surface area contributed by atoms with Crippen LogP contribution in [0.15, 0.2) is 24.5 Å². The maximum absolute atomic E-state index is 13.0. The highest BCUT2D eigenvalue weighted by Crippen LogP contribution is 2.32. The molecule has 2 fully saturated rings. The van der Waals surface area contributed by atoms with Crippen LogP contribution >= 0.6 is 0 Å². The van der Waals surface area contributed by atoms with Crippen molar-refractivity contribution in [3.63, 3.8) is 0 Å². The Hall–Kier alpha value is -2.42. The number of hydrogen-bond acceptors (Lipinski definition) is 5. The average Bonchev–Trinajstić information content (AvgIpc) is 2.68. The molecule has 0 unspecified atom stereocenters. The molecule has 2 heterocycles. The van der Waals surface area contributed by atoms with E-state index >= 15 is 0 Å². The molecule has 1 saturated heterocycles. The van der Waals surface area contributed by atoms with Gasteiger partial charge in [-0.05, 0) is 49.8 Å². The zero-order valence-electron chi connectivity index (χ0n) is 16.6. The number of aromatic nitrogens is 2. The number of likely N-dealkylation sites (tertiary alicyclic amines) is 1. The second kappa shape index (κ2) is 8.37. The lowest BCUT2D eigenvalue weighted by Gasteiger charge is -2.46. The summed E-state index contributed by atoms with van der Waals surface area (Å²) in [6.07, 6.45) is 1.45. The van der Waals surface area contributed by atoms with Crippen LogP contribution in [0, 0.1) is 12.8 Å². The Morgan fingerprint density at radius 3 is 2.60 bits per heavy atom. The highest BCUT2D eigenvalue weighted by atomic mass is 19.4. The molecule has 1 radical (unpaired) electrons. The van der Waals surface area contributed by atoms with Crippen molar-refractivity contribution in [2.75, 3.05) is 25.0 Å². The standard InChI is InChI=1S/C21H25F3N5O/c1-13-2-5-16(6-3-13)29-10-15(11-29)28-19(30)9-25-20-17-8-14(21(22,23)24)4-7-18(17)26-12-27-20/h4,7-8,12-13,15-16H,1-3,5-6,9-11H2,(H,28,30)(H,25,26,27)/t13-,16-. The number of benzene rings is 1. The van der Waals surface area contributed by atoms with Crippen molar-refractivity contribution in [3.8, 4) is 0 Å². The summed E-state index contributed by atoms with van der Waals surface area (Å²) in [5.41, 5.74) is -0.396. The summed E-state index contributed by atoms with van der Waals surface area (Å²) in [6.45, 7) is 5.73. The molecule has 0 atom stereocenters. The number of amides is 1. The fourth-order valence-corrected chi connectivity index (χ4v) is 4.23. The molecular weight excluding hydrogens is 395 g/mol. The van der Waals surface area contributed by atoms with Crippen LogP contribution < -0.4 is 10.6 Å². The lowest BCUT2D eigenvalue weighted by molar-refractivity contribution is -0.137. The summed E-state index contributed by atoms with van der Waals surface area (Å²) in [7, 11) is 0. The first kappa shape index (κ1) is 20.8. The van der Waals surface area contributed by atoms with Crippen LogP contribution in [0.3, 0.4) is 0 Å². The summed E-state index contributed by atoms with van der Waals surface area (Å²) in [5.74, 6) is 0.565. The first-order valence-corrected chi connectivity index (χ1v) is 10.2. The van der Waals surface area contributed by atoms with Crippen molar-refractivity contribution in [1.82, 2.24) is 20.2 Å². The molecule has 1 aromatic carbocycles. The van der Waals surface area contributed by atoms with Crippen LogP contribution in [-0.2, 0) is 11.0 Å². The van der Waals surface area contributed by atoms with E-state index in [0.717, 1.165) is 50.9 Å². The van der Waals surface area contributed by atoms with E-state index in [1.54, 1.807) is 0 Å². The van der Waals surface area contributed by atoms with E-state index in [1.807, 2.05) is 0 Å². The Bertz CT molecular complexity index is 905. The first-order valence-electron chi connectivity index (χ1n) is 10.2. The van der Waals surface area contributed by atoms with Crippen LogP contribution in [0.5, 0.6) is 0 Å². The van der Waals surface area contributed by atoms with Crippen molar-refractivity contribution < 1.29 is 18.0 Å². The molecule has 2 N–H and O–H groups in total. The molecule has 4 rings (SSSR count). The van der Waals surface area contributed by atoms with Crippen LogP contribution in [0.4, 0.5) is 19.0 Å². The minimum absolute atomic E-state index is 0.0640. The smallest absolute Gasteiger partial charge is 0.360 e. The van der Waals surface area contributed by atoms with Crippen molar-refractivity contribution in [2.45, 2.75) is 43.9 Å². The summed E-state index contributed by atoms with van der Waals surface area (Å²) < 4.78 is 39.0. The summed E-state index contributed by atoms with van der Waals surface area (Å²) in [5, 5.41) is 6.05. The predicted molar refractivity (Wildman–Crippen MR) is 108 cm³/mol. The maximum atomic E-state index is 13.0. The van der Waals surface area contributed by atoms with Gasteiger partial charge in [0.1, 0.15) is 12.1 Å². The van der Waals surface area contributed by atoms with Crippen molar-refractivity contribution in [2.24, 2.45) is 5.92 Å². The minimum Gasteiger partial charge on any atom is -0.360 e. The molecular formula is C21H25F3N5O. The number of nitrogens with one attached hydrogen (secondary N) is 2. The third kappa shape index (κ3) is 4.66. The number of anilines is 1. The van der Waals surface area contributed by atoms with Gasteiger partial charge in [0.05, 0.1) is 23.7 Å². The highest BCUT2D eigenvalue weighted by molar-refractivity contribution is 5.91. The number of nitrogens with zero attached hydrogens (tertiary/aromatic N) is 3. The predicted octanol–water partition coefficient (Wildman–Crippen LogP) is 3.25. The molecule has 1 saturated carbocycles. The number of alkyl halides is 3. The molecule has 1 aliphatic carbocycles. The third-order valence-electron chi connectivity index (χ3n) is 5.99. The molecule has 1 aliphatic heterocycles. The van der Waals surface area contributed by atoms with Gasteiger partial charge in [-0.3, -0.25) is 9.69 Å². The van der Waals surface area contributed by atoms with Crippen LogP contribution in [0.25, 0.3) is 10.9 Å². The van der Waals surface area contributed by atoms with Crippen molar-refractivity contribution in [1.29, 1.82) is 0 Å². The highest BCUT2D eigenvalue weighted by Gasteiger charge is 2.34. The monoisotopic (exact) mass is 420 g/mol. The van der Waals surface area contributed by atoms with Gasteiger partial charge in [-0.15, -0.1) is 0 Å². The van der Waals surface area contributed by atoms with Gasteiger partial charge < -0.3 is 10.6 Å². The minimum atomic E-state index is -4.46. The van der Waals surface area contributed by atoms with Gasteiger partial charge >= 0.3 is 6.18 Å². The third-order valence-corrected chi connectivity index (χ3v) is 5.99. The number of rotatable bonds is 5. The van der Waals surface area contributed by atoms with Crippen LogP contribution in [0.2, 0.25) is 0 Å². The second-order valence-corrected chi connectivity index (χ2v) is 8.20. The average molecular weight is 420 g/mol. The number of carbonyl (C=O) groups excluding carboxylic acids is 1. The zero-order valence-corrected chi connectivity index (χ0v) is 16.6. The van der Waals surface area contributed by atoms with E-state index < -0.39 is 11.7 Å². The van der Waals surface area contributed by atoms with E-state index in [2.05, 4.69) is 32.4 Å². The Kier molecular flexibility index (Phi) is 5.81. The van der Waals surface area contributed by atoms with Crippen LogP contribution in [-0.4, -0.2) is 52.5 Å². The maximum Gasteiger partial charge on any atom is 0.416 e. The second-order valence-electron chi connectivity index (χ2n) is 8.20. The normalized spacial score (nSPS) is 23.2. The molecule has 6 nitrogen and oxygen atoms in total. The van der Waals surface area contributed by atoms with E-state index in [-0.39, 0.29) is 29.7 Å². The van der Waals surface area contributed by atoms with Crippen LogP contribution in [0.1, 0.15) is 31.2 Å². The summed E-state index contributed by atoms with van der Waals surface area (Å²) in [6, 6.07) is 3.98. The van der Waals surface area contributed by atoms with E-state index in [1.165, 1.54) is 12.4 Å². The molecule has 1 aromatic heterocycles. The lowest BCUT2D eigenvalue weighted by Crippen LogP contribution is -2.63. The summed E-state index contributed by atoms with van der Waals surface area (Å²) in [4.78, 5) is 22.7. The molecule has 0 bridgehead atoms. The summed E-state index contributed by atoms with van der Waals surface area (Å²) >= 11 is 0. The lowest BCUT2D eigenvalue weighted by atomic mass is 9.85. The molecule has 1 amide bonds. The fourth-order valence-electron chi connectivity index (χ4n) is 4.23. The van der Waals surface area contributed by atoms with Gasteiger partial charge in [0.25, 0.3) is 0 Å². The Labute approximate surface area is 173 Å². The Morgan fingerprint density at radius 2 is 1.90 bits per heavy atom. The first-order chi connectivity index (χ1) is 14.3. The largest absolute Gasteiger partial charge is 0.416 e. The Balaban J connectivity index is 1.30. The molecule has 161 valence electrons. The topological polar surface area (TPSA) is 70.2 Å². The van der Waals surface area contributed by atoms with E-state index in [9.17, 15) is 18.0 Å². The molecule has 2 aliphatic rings. The molecule has 0 spiro atoms.